The van der Waals surface area contributed by atoms with Crippen LogP contribution in [0, 0.1) is 11.8 Å². The topological polar surface area (TPSA) is 29.1 Å². The minimum Gasteiger partial charge on any atom is -0.352 e. The fourth-order valence-corrected chi connectivity index (χ4v) is 3.61. The molecule has 1 fully saturated rings. The lowest BCUT2D eigenvalue weighted by Crippen LogP contribution is -2.31. The lowest BCUT2D eigenvalue weighted by Gasteiger charge is -2.26. The normalized spacial score (nSPS) is 23.1. The summed E-state index contributed by atoms with van der Waals surface area (Å²) in [6, 6.07) is 5.24. The number of halogens is 2. The van der Waals surface area contributed by atoms with E-state index in [-0.39, 0.29) is 5.91 Å². The molecule has 0 aliphatic heterocycles. The highest BCUT2D eigenvalue weighted by Gasteiger charge is 2.20. The van der Waals surface area contributed by atoms with Crippen LogP contribution in [0.5, 0.6) is 0 Å². The Labute approximate surface area is 128 Å². The Morgan fingerprint density at radius 3 is 2.95 bits per heavy atom. The number of amides is 1. The first-order valence-electron chi connectivity index (χ1n) is 6.79. The quantitative estimate of drug-likeness (QED) is 0.849. The molecule has 2 atom stereocenters. The molecule has 1 aliphatic rings. The van der Waals surface area contributed by atoms with Crippen molar-refractivity contribution in [3.8, 4) is 0 Å². The van der Waals surface area contributed by atoms with Gasteiger partial charge in [-0.2, -0.15) is 0 Å². The van der Waals surface area contributed by atoms with Crippen molar-refractivity contribution in [3.05, 3.63) is 33.3 Å². The zero-order valence-corrected chi connectivity index (χ0v) is 13.4. The van der Waals surface area contributed by atoms with Crippen LogP contribution >= 0.6 is 27.5 Å². The molecule has 2 nitrogen and oxygen atoms in total. The third-order valence-electron chi connectivity index (χ3n) is 3.77. The first-order chi connectivity index (χ1) is 9.06. The highest BCUT2D eigenvalue weighted by Crippen LogP contribution is 2.28. The lowest BCUT2D eigenvalue weighted by molar-refractivity contribution is 0.0940. The van der Waals surface area contributed by atoms with Crippen LogP contribution < -0.4 is 5.32 Å². The van der Waals surface area contributed by atoms with Crippen molar-refractivity contribution in [3.63, 3.8) is 0 Å². The number of rotatable bonds is 3. The van der Waals surface area contributed by atoms with E-state index >= 15 is 0 Å². The van der Waals surface area contributed by atoms with E-state index in [9.17, 15) is 4.79 Å². The first kappa shape index (κ1) is 14.9. The van der Waals surface area contributed by atoms with Gasteiger partial charge in [0.1, 0.15) is 0 Å². The maximum atomic E-state index is 12.1. The van der Waals surface area contributed by atoms with E-state index in [4.69, 9.17) is 11.6 Å². The van der Waals surface area contributed by atoms with Crippen LogP contribution in [0.1, 0.15) is 43.0 Å². The summed E-state index contributed by atoms with van der Waals surface area (Å²) < 4.78 is 0.745. The van der Waals surface area contributed by atoms with Crippen LogP contribution in [0.3, 0.4) is 0 Å². The first-order valence-corrected chi connectivity index (χ1v) is 7.96. The summed E-state index contributed by atoms with van der Waals surface area (Å²) in [7, 11) is 0. The number of nitrogens with one attached hydrogen (secondary N) is 1. The van der Waals surface area contributed by atoms with Gasteiger partial charge in [-0.15, -0.1) is 0 Å². The molecular weight excluding hydrogens is 326 g/mol. The number of hydrogen-bond acceptors (Lipinski definition) is 1. The number of carbonyl (C=O) groups is 1. The van der Waals surface area contributed by atoms with E-state index in [1.165, 1.54) is 25.7 Å². The van der Waals surface area contributed by atoms with Crippen LogP contribution in [0.2, 0.25) is 5.02 Å². The van der Waals surface area contributed by atoms with Gasteiger partial charge in [-0.25, -0.2) is 0 Å². The molecule has 1 aromatic carbocycles. The molecule has 2 rings (SSSR count). The fraction of sp³-hybridized carbons (Fsp3) is 0.533. The molecule has 1 aliphatic carbocycles. The SMILES string of the molecule is CC1CCCC(CNC(=O)c2ccc(Cl)cc2Br)C1. The van der Waals surface area contributed by atoms with E-state index in [0.717, 1.165) is 16.9 Å². The van der Waals surface area contributed by atoms with Crippen molar-refractivity contribution in [2.45, 2.75) is 32.6 Å². The molecule has 0 aromatic heterocycles. The molecule has 0 spiro atoms. The van der Waals surface area contributed by atoms with Gasteiger partial charge in [0.25, 0.3) is 5.91 Å². The third-order valence-corrected chi connectivity index (χ3v) is 4.66. The monoisotopic (exact) mass is 343 g/mol. The maximum Gasteiger partial charge on any atom is 0.252 e. The van der Waals surface area contributed by atoms with E-state index < -0.39 is 0 Å². The number of hydrogen-bond donors (Lipinski definition) is 1. The van der Waals surface area contributed by atoms with Crippen LogP contribution in [0.4, 0.5) is 0 Å². The summed E-state index contributed by atoms with van der Waals surface area (Å²) in [6.45, 7) is 3.07. The van der Waals surface area contributed by atoms with Crippen molar-refractivity contribution in [2.75, 3.05) is 6.54 Å². The molecule has 104 valence electrons. The second kappa shape index (κ2) is 6.76. The van der Waals surface area contributed by atoms with Gasteiger partial charge < -0.3 is 5.32 Å². The van der Waals surface area contributed by atoms with Gasteiger partial charge in [-0.1, -0.05) is 31.4 Å². The van der Waals surface area contributed by atoms with Gasteiger partial charge in [-0.3, -0.25) is 4.79 Å². The molecule has 1 N–H and O–H groups in total. The zero-order chi connectivity index (χ0) is 13.8. The van der Waals surface area contributed by atoms with E-state index in [0.29, 0.717) is 16.5 Å². The second-order valence-electron chi connectivity index (χ2n) is 5.47. The summed E-state index contributed by atoms with van der Waals surface area (Å²) >= 11 is 9.25. The minimum atomic E-state index is -0.0261. The lowest BCUT2D eigenvalue weighted by atomic mass is 9.82. The zero-order valence-electron chi connectivity index (χ0n) is 11.1. The maximum absolute atomic E-state index is 12.1. The van der Waals surface area contributed by atoms with Crippen molar-refractivity contribution >= 4 is 33.4 Å². The second-order valence-corrected chi connectivity index (χ2v) is 6.76. The summed E-state index contributed by atoms with van der Waals surface area (Å²) in [5, 5.41) is 3.67. The Kier molecular flexibility index (Phi) is 5.28. The van der Waals surface area contributed by atoms with Gasteiger partial charge >= 0.3 is 0 Å². The summed E-state index contributed by atoms with van der Waals surface area (Å²) in [4.78, 5) is 12.1. The third kappa shape index (κ3) is 4.22. The molecule has 1 amide bonds. The van der Waals surface area contributed by atoms with E-state index in [1.807, 2.05) is 0 Å². The summed E-state index contributed by atoms with van der Waals surface area (Å²) in [5.74, 6) is 1.39. The highest BCUT2D eigenvalue weighted by molar-refractivity contribution is 9.10. The Hall–Kier alpha value is -0.540. The van der Waals surface area contributed by atoms with Crippen molar-refractivity contribution in [1.29, 1.82) is 0 Å². The Bertz CT molecular complexity index is 463. The molecule has 1 saturated carbocycles. The molecule has 4 heteroatoms. The minimum absolute atomic E-state index is 0.0261. The highest BCUT2D eigenvalue weighted by atomic mass is 79.9. The van der Waals surface area contributed by atoms with Crippen molar-refractivity contribution in [2.24, 2.45) is 11.8 Å². The van der Waals surface area contributed by atoms with Crippen LogP contribution in [0.15, 0.2) is 22.7 Å². The molecular formula is C15H19BrClNO. The van der Waals surface area contributed by atoms with Gasteiger partial charge in [0.15, 0.2) is 0 Å². The molecule has 0 bridgehead atoms. The molecule has 0 radical (unpaired) electrons. The standard InChI is InChI=1S/C15H19BrClNO/c1-10-3-2-4-11(7-10)9-18-15(19)13-6-5-12(17)8-14(13)16/h5-6,8,10-11H,2-4,7,9H2,1H3,(H,18,19). The predicted octanol–water partition coefficient (Wildman–Crippen LogP) is 4.66. The van der Waals surface area contributed by atoms with Crippen LogP contribution in [-0.2, 0) is 0 Å². The van der Waals surface area contributed by atoms with Gasteiger partial charge in [0.05, 0.1) is 5.56 Å². The van der Waals surface area contributed by atoms with E-state index in [1.54, 1.807) is 18.2 Å². The molecule has 1 aromatic rings. The average molecular weight is 345 g/mol. The molecule has 0 saturated heterocycles. The Morgan fingerprint density at radius 2 is 2.26 bits per heavy atom. The van der Waals surface area contributed by atoms with Gasteiger partial charge in [-0.05, 0) is 58.8 Å². The van der Waals surface area contributed by atoms with Crippen LogP contribution in [0.25, 0.3) is 0 Å². The summed E-state index contributed by atoms with van der Waals surface area (Å²) in [5.41, 5.74) is 0.647. The summed E-state index contributed by atoms with van der Waals surface area (Å²) in [6.07, 6.45) is 5.06. The molecule has 2 unspecified atom stereocenters. The van der Waals surface area contributed by atoms with Gasteiger partial charge in [0.2, 0.25) is 0 Å². The van der Waals surface area contributed by atoms with Gasteiger partial charge in [0, 0.05) is 16.0 Å². The number of benzene rings is 1. The van der Waals surface area contributed by atoms with E-state index in [2.05, 4.69) is 28.2 Å². The van der Waals surface area contributed by atoms with Crippen LogP contribution in [-0.4, -0.2) is 12.5 Å². The molecule has 0 heterocycles. The largest absolute Gasteiger partial charge is 0.352 e. The Morgan fingerprint density at radius 1 is 1.47 bits per heavy atom. The smallest absolute Gasteiger partial charge is 0.252 e. The number of carbonyl (C=O) groups excluding carboxylic acids is 1. The predicted molar refractivity (Wildman–Crippen MR) is 82.6 cm³/mol. The van der Waals surface area contributed by atoms with Crippen molar-refractivity contribution < 1.29 is 4.79 Å². The fourth-order valence-electron chi connectivity index (χ4n) is 2.75. The molecule has 19 heavy (non-hydrogen) atoms. The average Bonchev–Trinajstić information content (AvgIpc) is 2.36. The Balaban J connectivity index is 1.90. The van der Waals surface area contributed by atoms with Crippen molar-refractivity contribution in [1.82, 2.24) is 5.32 Å².